The summed E-state index contributed by atoms with van der Waals surface area (Å²) in [6, 6.07) is 0. The first-order chi connectivity index (χ1) is 15.2. The van der Waals surface area contributed by atoms with E-state index < -0.39 is 11.7 Å². The van der Waals surface area contributed by atoms with Crippen LogP contribution in [0.4, 0.5) is 4.79 Å². The maximum absolute atomic E-state index is 12.7. The van der Waals surface area contributed by atoms with Crippen molar-refractivity contribution >= 4 is 35.6 Å². The average molecular weight is 494 g/mol. The van der Waals surface area contributed by atoms with Gasteiger partial charge in [0.15, 0.2) is 0 Å². The van der Waals surface area contributed by atoms with Gasteiger partial charge in [-0.2, -0.15) is 11.8 Å². The molecule has 0 aromatic rings. The standard InChI is InChI=1S/C24H47NO5S2/c1-6-8-10-12-18-31-20-21(32-19-13-11-9-7-2)22(27)29-17-15-25(14-16-26)23(28)30-24(3,4)5/h21,26H,6-20H2,1-5H3. The van der Waals surface area contributed by atoms with Gasteiger partial charge < -0.3 is 19.5 Å². The van der Waals surface area contributed by atoms with E-state index in [0.29, 0.717) is 0 Å². The summed E-state index contributed by atoms with van der Waals surface area (Å²) in [4.78, 5) is 26.4. The SMILES string of the molecule is CCCCCCSCC(SCCCCCC)C(=O)OCCN(CCO)C(=O)OC(C)(C)C. The van der Waals surface area contributed by atoms with Crippen LogP contribution in [0.5, 0.6) is 0 Å². The number of aliphatic hydroxyl groups excluding tert-OH is 1. The van der Waals surface area contributed by atoms with Gasteiger partial charge in [0.05, 0.1) is 13.2 Å². The van der Waals surface area contributed by atoms with E-state index in [4.69, 9.17) is 9.47 Å². The lowest BCUT2D eigenvalue weighted by molar-refractivity contribution is -0.143. The molecule has 0 aliphatic rings. The minimum absolute atomic E-state index is 0.103. The zero-order valence-corrected chi connectivity index (χ0v) is 22.7. The number of carbonyl (C=O) groups excluding carboxylic acids is 2. The summed E-state index contributed by atoms with van der Waals surface area (Å²) >= 11 is 3.52. The normalized spacial score (nSPS) is 12.4. The van der Waals surface area contributed by atoms with Gasteiger partial charge in [0.2, 0.25) is 0 Å². The number of carbonyl (C=O) groups is 2. The smallest absolute Gasteiger partial charge is 0.410 e. The van der Waals surface area contributed by atoms with Crippen molar-refractivity contribution in [3.05, 3.63) is 0 Å². The first-order valence-electron chi connectivity index (χ1n) is 12.2. The molecule has 32 heavy (non-hydrogen) atoms. The predicted molar refractivity (Wildman–Crippen MR) is 138 cm³/mol. The zero-order chi connectivity index (χ0) is 24.2. The van der Waals surface area contributed by atoms with Gasteiger partial charge in [-0.25, -0.2) is 4.79 Å². The monoisotopic (exact) mass is 493 g/mol. The van der Waals surface area contributed by atoms with E-state index in [-0.39, 0.29) is 37.5 Å². The quantitative estimate of drug-likeness (QED) is 0.181. The third-order valence-electron chi connectivity index (χ3n) is 4.62. The molecule has 0 rings (SSSR count). The highest BCUT2D eigenvalue weighted by Gasteiger charge is 2.24. The molecule has 1 atom stereocenters. The van der Waals surface area contributed by atoms with Crippen LogP contribution in [0.2, 0.25) is 0 Å². The van der Waals surface area contributed by atoms with Gasteiger partial charge in [-0.3, -0.25) is 4.79 Å². The number of hydrogen-bond acceptors (Lipinski definition) is 7. The molecule has 0 aliphatic carbocycles. The van der Waals surface area contributed by atoms with E-state index >= 15 is 0 Å². The molecule has 0 aromatic carbocycles. The molecular formula is C24H47NO5S2. The number of ether oxygens (including phenoxy) is 2. The summed E-state index contributed by atoms with van der Waals surface area (Å²) in [6.07, 6.45) is 9.16. The number of rotatable bonds is 19. The van der Waals surface area contributed by atoms with Crippen molar-refractivity contribution in [3.63, 3.8) is 0 Å². The third kappa shape index (κ3) is 17.9. The fraction of sp³-hybridized carbons (Fsp3) is 0.917. The Hall–Kier alpha value is -0.600. The van der Waals surface area contributed by atoms with Gasteiger partial charge in [-0.1, -0.05) is 52.4 Å². The van der Waals surface area contributed by atoms with E-state index in [1.807, 2.05) is 11.8 Å². The highest BCUT2D eigenvalue weighted by molar-refractivity contribution is 8.03. The molecule has 0 aliphatic heterocycles. The summed E-state index contributed by atoms with van der Waals surface area (Å²) in [6.45, 7) is 10.1. The van der Waals surface area contributed by atoms with Crippen LogP contribution in [-0.4, -0.2) is 76.5 Å². The second-order valence-electron chi connectivity index (χ2n) is 8.91. The molecule has 0 bridgehead atoms. The molecule has 8 heteroatoms. The summed E-state index contributed by atoms with van der Waals surface area (Å²) in [5, 5.41) is 9.07. The van der Waals surface area contributed by atoms with Gasteiger partial charge in [0, 0.05) is 12.3 Å². The molecule has 1 amide bonds. The van der Waals surface area contributed by atoms with Crippen molar-refractivity contribution in [2.45, 2.75) is 96.8 Å². The van der Waals surface area contributed by atoms with Crippen LogP contribution < -0.4 is 0 Å². The molecule has 0 heterocycles. The molecule has 0 aromatic heterocycles. The van der Waals surface area contributed by atoms with Gasteiger partial charge in [0.25, 0.3) is 0 Å². The molecule has 0 fully saturated rings. The number of aliphatic hydroxyl groups is 1. The Morgan fingerprint density at radius 2 is 1.56 bits per heavy atom. The van der Waals surface area contributed by atoms with Crippen molar-refractivity contribution in [2.24, 2.45) is 0 Å². The minimum atomic E-state index is -0.616. The Kier molecular flexibility index (Phi) is 19.5. The number of esters is 1. The third-order valence-corrected chi connectivity index (χ3v) is 7.26. The van der Waals surface area contributed by atoms with Gasteiger partial charge in [-0.15, -0.1) is 11.8 Å². The Labute approximate surface area is 204 Å². The fourth-order valence-electron chi connectivity index (χ4n) is 2.85. The fourth-order valence-corrected chi connectivity index (χ4v) is 5.31. The number of amides is 1. The van der Waals surface area contributed by atoms with Crippen molar-refractivity contribution in [2.75, 3.05) is 43.6 Å². The molecule has 0 spiro atoms. The molecule has 0 saturated carbocycles. The largest absolute Gasteiger partial charge is 0.463 e. The van der Waals surface area contributed by atoms with Crippen LogP contribution in [0.15, 0.2) is 0 Å². The summed E-state index contributed by atoms with van der Waals surface area (Å²) in [7, 11) is 0. The van der Waals surface area contributed by atoms with Crippen molar-refractivity contribution in [3.8, 4) is 0 Å². The molecule has 6 nitrogen and oxygen atoms in total. The van der Waals surface area contributed by atoms with Crippen LogP contribution >= 0.6 is 23.5 Å². The highest BCUT2D eigenvalue weighted by Crippen LogP contribution is 2.21. The zero-order valence-electron chi connectivity index (χ0n) is 21.0. The maximum atomic E-state index is 12.7. The molecule has 0 radical (unpaired) electrons. The second kappa shape index (κ2) is 19.8. The molecule has 1 N–H and O–H groups in total. The Morgan fingerprint density at radius 1 is 0.938 bits per heavy atom. The van der Waals surface area contributed by atoms with E-state index in [2.05, 4.69) is 13.8 Å². The maximum Gasteiger partial charge on any atom is 0.410 e. The average Bonchev–Trinajstić information content (AvgIpc) is 2.72. The van der Waals surface area contributed by atoms with Gasteiger partial charge in [-0.05, 0) is 45.1 Å². The minimum Gasteiger partial charge on any atom is -0.463 e. The van der Waals surface area contributed by atoms with E-state index in [1.54, 1.807) is 32.5 Å². The van der Waals surface area contributed by atoms with E-state index in [1.165, 1.54) is 49.8 Å². The molecule has 0 saturated heterocycles. The first kappa shape index (κ1) is 31.4. The van der Waals surface area contributed by atoms with Crippen molar-refractivity contribution < 1.29 is 24.2 Å². The van der Waals surface area contributed by atoms with E-state index in [9.17, 15) is 14.7 Å². The van der Waals surface area contributed by atoms with Crippen molar-refractivity contribution in [1.29, 1.82) is 0 Å². The van der Waals surface area contributed by atoms with Gasteiger partial charge >= 0.3 is 12.1 Å². The lowest BCUT2D eigenvalue weighted by Crippen LogP contribution is -2.40. The molecule has 1 unspecified atom stereocenters. The van der Waals surface area contributed by atoms with Crippen LogP contribution in [-0.2, 0) is 14.3 Å². The summed E-state index contributed by atoms with van der Waals surface area (Å²) in [5.74, 6) is 2.59. The highest BCUT2D eigenvalue weighted by atomic mass is 32.2. The van der Waals surface area contributed by atoms with Crippen molar-refractivity contribution in [1.82, 2.24) is 4.90 Å². The van der Waals surface area contributed by atoms with Crippen LogP contribution in [0.1, 0.15) is 86.0 Å². The number of thioether (sulfide) groups is 2. The Morgan fingerprint density at radius 3 is 2.12 bits per heavy atom. The molecular weight excluding hydrogens is 446 g/mol. The van der Waals surface area contributed by atoms with Crippen LogP contribution in [0, 0.1) is 0 Å². The van der Waals surface area contributed by atoms with Gasteiger partial charge in [0.1, 0.15) is 17.5 Å². The number of unbranched alkanes of at least 4 members (excludes halogenated alkanes) is 6. The number of hydrogen-bond donors (Lipinski definition) is 1. The first-order valence-corrected chi connectivity index (χ1v) is 14.4. The van der Waals surface area contributed by atoms with Crippen LogP contribution in [0.3, 0.4) is 0 Å². The second-order valence-corrected chi connectivity index (χ2v) is 11.4. The lowest BCUT2D eigenvalue weighted by Gasteiger charge is -2.27. The predicted octanol–water partition coefficient (Wildman–Crippen LogP) is 5.75. The Bertz CT molecular complexity index is 486. The van der Waals surface area contributed by atoms with Crippen LogP contribution in [0.25, 0.3) is 0 Å². The molecule has 190 valence electrons. The number of nitrogens with zero attached hydrogens (tertiary/aromatic N) is 1. The van der Waals surface area contributed by atoms with E-state index in [0.717, 1.165) is 23.7 Å². The lowest BCUT2D eigenvalue weighted by atomic mass is 10.2. The summed E-state index contributed by atoms with van der Waals surface area (Å²) < 4.78 is 10.9. The summed E-state index contributed by atoms with van der Waals surface area (Å²) in [5.41, 5.74) is -0.616. The topological polar surface area (TPSA) is 76.1 Å². The Balaban J connectivity index is 4.57.